The van der Waals surface area contributed by atoms with Gasteiger partial charge in [0.05, 0.1) is 23.8 Å². The first-order valence-corrected chi connectivity index (χ1v) is 14.8. The van der Waals surface area contributed by atoms with Gasteiger partial charge in [0.2, 0.25) is 10.0 Å². The molecule has 1 aromatic heterocycles. The third kappa shape index (κ3) is 6.58. The molecule has 0 fully saturated rings. The Labute approximate surface area is 237 Å². The number of hydrogen-bond acceptors (Lipinski definition) is 5. The van der Waals surface area contributed by atoms with Gasteiger partial charge in [0.15, 0.2) is 0 Å². The molecule has 1 atom stereocenters. The normalized spacial score (nSPS) is 12.3. The fraction of sp³-hybridized carbons (Fsp3) is 0.172. The molecule has 0 saturated carbocycles. The van der Waals surface area contributed by atoms with E-state index < -0.39 is 22.0 Å². The zero-order valence-electron chi connectivity index (χ0n) is 22.0. The van der Waals surface area contributed by atoms with E-state index in [2.05, 4.69) is 31.0 Å². The number of nitrogens with zero attached hydrogens (tertiary/aromatic N) is 3. The Hall–Kier alpha value is -3.89. The van der Waals surface area contributed by atoms with Gasteiger partial charge in [-0.25, -0.2) is 13.8 Å². The summed E-state index contributed by atoms with van der Waals surface area (Å²) in [5, 5.41) is 4.12. The molecule has 39 heavy (non-hydrogen) atoms. The number of amides is 1. The third-order valence-corrected chi connectivity index (χ3v) is 8.01. The number of carbonyl (C=O) groups excluding carboxylic acids is 1. The number of sulfonamides is 1. The molecular weight excluding hydrogens is 580 g/mol. The van der Waals surface area contributed by atoms with Crippen molar-refractivity contribution >= 4 is 43.8 Å². The van der Waals surface area contributed by atoms with Crippen LogP contribution in [0.4, 0.5) is 5.69 Å². The molecule has 1 N–H and O–H groups in total. The number of para-hydroxylation sites is 2. The quantitative estimate of drug-likeness (QED) is 0.188. The van der Waals surface area contributed by atoms with Gasteiger partial charge in [0, 0.05) is 21.4 Å². The van der Waals surface area contributed by atoms with Crippen LogP contribution in [-0.4, -0.2) is 37.4 Å². The first kappa shape index (κ1) is 28.1. The molecule has 4 rings (SSSR count). The summed E-state index contributed by atoms with van der Waals surface area (Å²) in [7, 11) is -3.78. The van der Waals surface area contributed by atoms with Gasteiger partial charge >= 0.3 is 0 Å². The second-order valence-electron chi connectivity index (χ2n) is 8.99. The Morgan fingerprint density at radius 2 is 1.62 bits per heavy atom. The molecule has 10 heteroatoms. The first-order chi connectivity index (χ1) is 18.6. The van der Waals surface area contributed by atoms with E-state index >= 15 is 0 Å². The Kier molecular flexibility index (Phi) is 8.57. The van der Waals surface area contributed by atoms with Crippen LogP contribution in [0.3, 0.4) is 0 Å². The maximum Gasteiger partial charge on any atom is 0.263 e. The molecule has 8 nitrogen and oxygen atoms in total. The molecule has 1 amide bonds. The van der Waals surface area contributed by atoms with E-state index in [0.29, 0.717) is 17.2 Å². The van der Waals surface area contributed by atoms with Crippen LogP contribution in [0.5, 0.6) is 11.5 Å². The number of carbonyl (C=O) groups is 1. The maximum absolute atomic E-state index is 13.0. The third-order valence-electron chi connectivity index (χ3n) is 6.10. The van der Waals surface area contributed by atoms with Crippen LogP contribution in [0.1, 0.15) is 23.9 Å². The van der Waals surface area contributed by atoms with E-state index in [-0.39, 0.29) is 0 Å². The minimum atomic E-state index is -3.78. The average molecular weight is 610 g/mol. The molecule has 3 aromatic carbocycles. The monoisotopic (exact) mass is 608 g/mol. The molecule has 0 aliphatic heterocycles. The summed E-state index contributed by atoms with van der Waals surface area (Å²) in [5.41, 5.74) is 6.59. The smallest absolute Gasteiger partial charge is 0.263 e. The predicted octanol–water partition coefficient (Wildman–Crippen LogP) is 5.95. The summed E-state index contributed by atoms with van der Waals surface area (Å²) < 4.78 is 35.2. The summed E-state index contributed by atoms with van der Waals surface area (Å²) in [6, 6.07) is 24.6. The number of aromatic nitrogens is 1. The minimum absolute atomic E-state index is 0.335. The highest BCUT2D eigenvalue weighted by molar-refractivity contribution is 9.10. The van der Waals surface area contributed by atoms with E-state index in [1.54, 1.807) is 30.5 Å². The van der Waals surface area contributed by atoms with Gasteiger partial charge < -0.3 is 9.30 Å². The summed E-state index contributed by atoms with van der Waals surface area (Å²) in [5.74, 6) is 0.633. The minimum Gasteiger partial charge on any atom is -0.457 e. The number of aryl methyl sites for hydroxylation is 1. The van der Waals surface area contributed by atoms with Crippen molar-refractivity contribution < 1.29 is 17.9 Å². The predicted molar refractivity (Wildman–Crippen MR) is 158 cm³/mol. The molecule has 202 valence electrons. The fourth-order valence-corrected chi connectivity index (χ4v) is 5.91. The van der Waals surface area contributed by atoms with Crippen LogP contribution in [0.2, 0.25) is 0 Å². The molecule has 0 aliphatic carbocycles. The van der Waals surface area contributed by atoms with Crippen molar-refractivity contribution in [2.75, 3.05) is 10.6 Å². The van der Waals surface area contributed by atoms with Crippen LogP contribution in [0.15, 0.2) is 94.5 Å². The summed E-state index contributed by atoms with van der Waals surface area (Å²) in [6.45, 7) is 5.47. The van der Waals surface area contributed by atoms with Crippen molar-refractivity contribution in [1.82, 2.24) is 9.99 Å². The molecule has 0 radical (unpaired) electrons. The number of rotatable bonds is 9. The van der Waals surface area contributed by atoms with Gasteiger partial charge in [0.25, 0.3) is 5.91 Å². The standard InChI is InChI=1S/C29H29BrN4O4S/c1-20-18-23(21(2)33(20)28-13-9-8-12-27(28)30)19-31-32-29(35)22(3)34(39(4,36)37)24-14-16-26(17-15-24)38-25-10-6-5-7-11-25/h5-19,22H,1-4H3,(H,32,35)/b31-19-/t22-/m0/s1. The van der Waals surface area contributed by atoms with E-state index in [1.165, 1.54) is 6.92 Å². The zero-order chi connectivity index (χ0) is 28.2. The molecule has 0 unspecified atom stereocenters. The first-order valence-electron chi connectivity index (χ1n) is 12.2. The van der Waals surface area contributed by atoms with Crippen molar-refractivity contribution in [3.63, 3.8) is 0 Å². The van der Waals surface area contributed by atoms with E-state index in [1.807, 2.05) is 74.5 Å². The number of halogens is 1. The Morgan fingerprint density at radius 1 is 1.00 bits per heavy atom. The van der Waals surface area contributed by atoms with Crippen molar-refractivity contribution in [2.45, 2.75) is 26.8 Å². The number of nitrogens with one attached hydrogen (secondary N) is 1. The lowest BCUT2D eigenvalue weighted by Crippen LogP contribution is -2.46. The largest absolute Gasteiger partial charge is 0.457 e. The summed E-state index contributed by atoms with van der Waals surface area (Å²) in [4.78, 5) is 13.0. The average Bonchev–Trinajstić information content (AvgIpc) is 3.17. The molecule has 4 aromatic rings. The SMILES string of the molecule is Cc1cc(/C=N\NC(=O)[C@H](C)N(c2ccc(Oc3ccccc3)cc2)S(C)(=O)=O)c(C)n1-c1ccccc1Br. The molecule has 1 heterocycles. The Morgan fingerprint density at radius 3 is 2.26 bits per heavy atom. The number of hydrazone groups is 1. The van der Waals surface area contributed by atoms with Crippen LogP contribution >= 0.6 is 15.9 Å². The zero-order valence-corrected chi connectivity index (χ0v) is 24.4. The van der Waals surface area contributed by atoms with Crippen molar-refractivity contribution in [3.05, 3.63) is 106 Å². The lowest BCUT2D eigenvalue weighted by atomic mass is 10.2. The molecule has 0 aliphatic rings. The van der Waals surface area contributed by atoms with Gasteiger partial charge in [-0.15, -0.1) is 0 Å². The van der Waals surface area contributed by atoms with Crippen LogP contribution in [0.25, 0.3) is 5.69 Å². The highest BCUT2D eigenvalue weighted by Gasteiger charge is 2.29. The molecule has 0 saturated heterocycles. The lowest BCUT2D eigenvalue weighted by Gasteiger charge is -2.27. The van der Waals surface area contributed by atoms with Gasteiger partial charge in [-0.2, -0.15) is 5.10 Å². The van der Waals surface area contributed by atoms with Crippen LogP contribution < -0.4 is 14.5 Å². The number of anilines is 1. The molecular formula is C29H29BrN4O4S. The summed E-state index contributed by atoms with van der Waals surface area (Å²) in [6.07, 6.45) is 2.62. The van der Waals surface area contributed by atoms with Crippen LogP contribution in [-0.2, 0) is 14.8 Å². The van der Waals surface area contributed by atoms with E-state index in [4.69, 9.17) is 4.74 Å². The highest BCUT2D eigenvalue weighted by atomic mass is 79.9. The van der Waals surface area contributed by atoms with Crippen molar-refractivity contribution in [2.24, 2.45) is 5.10 Å². The number of benzene rings is 3. The summed E-state index contributed by atoms with van der Waals surface area (Å²) >= 11 is 3.59. The van der Waals surface area contributed by atoms with Gasteiger partial charge in [-0.3, -0.25) is 9.10 Å². The number of ether oxygens (including phenoxy) is 1. The Bertz CT molecular complexity index is 1600. The van der Waals surface area contributed by atoms with E-state index in [0.717, 1.165) is 37.7 Å². The topological polar surface area (TPSA) is 93.0 Å². The fourth-order valence-electron chi connectivity index (χ4n) is 4.28. The second kappa shape index (κ2) is 11.9. The highest BCUT2D eigenvalue weighted by Crippen LogP contribution is 2.28. The molecule has 0 bridgehead atoms. The van der Waals surface area contributed by atoms with Crippen LogP contribution in [0, 0.1) is 13.8 Å². The number of hydrogen-bond donors (Lipinski definition) is 1. The Balaban J connectivity index is 1.49. The molecule has 0 spiro atoms. The van der Waals surface area contributed by atoms with Crippen molar-refractivity contribution in [3.8, 4) is 17.2 Å². The van der Waals surface area contributed by atoms with Crippen molar-refractivity contribution in [1.29, 1.82) is 0 Å². The van der Waals surface area contributed by atoms with E-state index in [9.17, 15) is 13.2 Å². The van der Waals surface area contributed by atoms with Gasteiger partial charge in [0.1, 0.15) is 17.5 Å². The maximum atomic E-state index is 13.0. The van der Waals surface area contributed by atoms with Gasteiger partial charge in [-0.1, -0.05) is 30.3 Å². The second-order valence-corrected chi connectivity index (χ2v) is 11.7. The lowest BCUT2D eigenvalue weighted by molar-refractivity contribution is -0.121. The van der Waals surface area contributed by atoms with Gasteiger partial charge in [-0.05, 0) is 91.3 Å².